The highest BCUT2D eigenvalue weighted by molar-refractivity contribution is 5.97. The molecule has 0 fully saturated rings. The van der Waals surface area contributed by atoms with Gasteiger partial charge in [0.25, 0.3) is 0 Å². The fourth-order valence-electron chi connectivity index (χ4n) is 2.85. The molecule has 25 heavy (non-hydrogen) atoms. The van der Waals surface area contributed by atoms with Gasteiger partial charge >= 0.3 is 6.18 Å². The van der Waals surface area contributed by atoms with Crippen molar-refractivity contribution < 1.29 is 13.2 Å². The summed E-state index contributed by atoms with van der Waals surface area (Å²) in [4.78, 5) is 12.4. The lowest BCUT2D eigenvalue weighted by atomic mass is 9.91. The molecule has 0 aliphatic rings. The predicted octanol–water partition coefficient (Wildman–Crippen LogP) is 4.75. The van der Waals surface area contributed by atoms with E-state index in [9.17, 15) is 13.2 Å². The zero-order chi connectivity index (χ0) is 18.0. The Morgan fingerprint density at radius 2 is 1.68 bits per heavy atom. The topological polar surface area (TPSA) is 43.1 Å². The molecule has 0 saturated heterocycles. The Balaban J connectivity index is 2.01. The van der Waals surface area contributed by atoms with E-state index < -0.39 is 11.9 Å². The molecule has 0 unspecified atom stereocenters. The van der Waals surface area contributed by atoms with Gasteiger partial charge in [-0.2, -0.15) is 13.2 Å². The molecule has 0 spiro atoms. The monoisotopic (exact) mass is 344 g/mol. The molecule has 0 bridgehead atoms. The fourth-order valence-corrected chi connectivity index (χ4v) is 2.85. The number of imidazole rings is 1. The number of nitrogens with zero attached hydrogens (tertiary/aromatic N) is 4. The van der Waals surface area contributed by atoms with E-state index in [1.807, 2.05) is 12.1 Å². The first-order chi connectivity index (χ1) is 11.6. The number of pyridine rings is 3. The summed E-state index contributed by atoms with van der Waals surface area (Å²) < 4.78 is 40.4. The number of hydrogen-bond acceptors (Lipinski definition) is 3. The third-order valence-electron chi connectivity index (χ3n) is 4.21. The van der Waals surface area contributed by atoms with E-state index in [0.29, 0.717) is 11.2 Å². The largest absolute Gasteiger partial charge is 0.433 e. The van der Waals surface area contributed by atoms with E-state index >= 15 is 0 Å². The zero-order valence-corrected chi connectivity index (χ0v) is 13.9. The third kappa shape index (κ3) is 2.50. The van der Waals surface area contributed by atoms with Crippen LogP contribution in [-0.2, 0) is 11.6 Å². The number of alkyl halides is 3. The molecule has 0 aliphatic carbocycles. The molecule has 0 N–H and O–H groups in total. The molecule has 4 rings (SSSR count). The molecular weight excluding hydrogens is 329 g/mol. The van der Waals surface area contributed by atoms with Crippen molar-refractivity contribution in [3.8, 4) is 0 Å². The first-order valence-electron chi connectivity index (χ1n) is 7.79. The molecule has 128 valence electrons. The Labute approximate surface area is 141 Å². The van der Waals surface area contributed by atoms with Gasteiger partial charge in [-0.3, -0.25) is 9.38 Å². The van der Waals surface area contributed by atoms with E-state index in [2.05, 4.69) is 35.7 Å². The SMILES string of the molecule is CC(C)(C)c1cc2ccn3c4cnc(C(F)(F)F)cc4nc3c2cn1. The maximum absolute atomic E-state index is 12.9. The normalized spacial score (nSPS) is 13.2. The number of aromatic nitrogens is 4. The van der Waals surface area contributed by atoms with Crippen LogP contribution in [0, 0.1) is 0 Å². The van der Waals surface area contributed by atoms with Crippen molar-refractivity contribution in [3.05, 3.63) is 48.2 Å². The molecule has 4 heterocycles. The molecule has 0 amide bonds. The van der Waals surface area contributed by atoms with E-state index in [0.717, 1.165) is 22.5 Å². The summed E-state index contributed by atoms with van der Waals surface area (Å²) in [5, 5.41) is 1.74. The summed E-state index contributed by atoms with van der Waals surface area (Å²) in [5.41, 5.74) is 1.27. The molecular formula is C18H15F3N4. The van der Waals surface area contributed by atoms with E-state index in [-0.39, 0.29) is 10.9 Å². The lowest BCUT2D eigenvalue weighted by Crippen LogP contribution is -2.13. The van der Waals surface area contributed by atoms with E-state index in [1.165, 1.54) is 6.20 Å². The van der Waals surface area contributed by atoms with Crippen molar-refractivity contribution >= 4 is 27.5 Å². The second-order valence-corrected chi connectivity index (χ2v) is 7.08. The molecule has 0 radical (unpaired) electrons. The van der Waals surface area contributed by atoms with E-state index in [4.69, 9.17) is 0 Å². The Morgan fingerprint density at radius 1 is 0.960 bits per heavy atom. The number of halogens is 3. The number of rotatable bonds is 0. The van der Waals surface area contributed by atoms with Crippen LogP contribution in [0.1, 0.15) is 32.2 Å². The maximum Gasteiger partial charge on any atom is 0.433 e. The Bertz CT molecular complexity index is 1120. The molecule has 0 atom stereocenters. The van der Waals surface area contributed by atoms with Gasteiger partial charge in [0.05, 0.1) is 17.2 Å². The standard InChI is InChI=1S/C18H15F3N4/c1-17(2,3)14-6-10-4-5-25-13-9-23-15(18(19,20)21)7-12(13)24-16(25)11(10)8-22-14/h4-9H,1-3H3. The number of fused-ring (bicyclic) bond motifs is 5. The van der Waals surface area contributed by atoms with Crippen LogP contribution in [-0.4, -0.2) is 19.4 Å². The molecule has 4 aromatic heterocycles. The Hall–Kier alpha value is -2.70. The van der Waals surface area contributed by atoms with Gasteiger partial charge in [-0.25, -0.2) is 9.97 Å². The first kappa shape index (κ1) is 15.8. The van der Waals surface area contributed by atoms with Crippen molar-refractivity contribution in [3.63, 3.8) is 0 Å². The summed E-state index contributed by atoms with van der Waals surface area (Å²) in [6.45, 7) is 6.23. The number of hydrogen-bond donors (Lipinski definition) is 0. The fraction of sp³-hybridized carbons (Fsp3) is 0.278. The van der Waals surface area contributed by atoms with Gasteiger partial charge in [0.1, 0.15) is 11.3 Å². The van der Waals surface area contributed by atoms with Crippen LogP contribution in [0.25, 0.3) is 27.5 Å². The van der Waals surface area contributed by atoms with Gasteiger partial charge in [0.15, 0.2) is 0 Å². The predicted molar refractivity (Wildman–Crippen MR) is 89.5 cm³/mol. The highest BCUT2D eigenvalue weighted by Gasteiger charge is 2.33. The van der Waals surface area contributed by atoms with Gasteiger partial charge in [0.2, 0.25) is 0 Å². The quantitative estimate of drug-likeness (QED) is 0.462. The van der Waals surface area contributed by atoms with Gasteiger partial charge < -0.3 is 0 Å². The van der Waals surface area contributed by atoms with Gasteiger partial charge in [-0.15, -0.1) is 0 Å². The Morgan fingerprint density at radius 3 is 2.36 bits per heavy atom. The van der Waals surface area contributed by atoms with E-state index in [1.54, 1.807) is 16.8 Å². The van der Waals surface area contributed by atoms with Crippen molar-refractivity contribution in [2.24, 2.45) is 0 Å². The molecule has 0 aliphatic heterocycles. The van der Waals surface area contributed by atoms with Crippen LogP contribution < -0.4 is 0 Å². The lowest BCUT2D eigenvalue weighted by Gasteiger charge is -2.18. The highest BCUT2D eigenvalue weighted by atomic mass is 19.4. The van der Waals surface area contributed by atoms with Gasteiger partial charge in [0, 0.05) is 28.9 Å². The van der Waals surface area contributed by atoms with Crippen molar-refractivity contribution in [1.29, 1.82) is 0 Å². The molecule has 4 nitrogen and oxygen atoms in total. The summed E-state index contributed by atoms with van der Waals surface area (Å²) in [7, 11) is 0. The minimum absolute atomic E-state index is 0.0913. The van der Waals surface area contributed by atoms with Gasteiger partial charge in [-0.1, -0.05) is 20.8 Å². The average molecular weight is 344 g/mol. The van der Waals surface area contributed by atoms with Crippen molar-refractivity contribution in [1.82, 2.24) is 19.4 Å². The first-order valence-corrected chi connectivity index (χ1v) is 7.79. The smallest absolute Gasteiger partial charge is 0.298 e. The molecule has 7 heteroatoms. The van der Waals surface area contributed by atoms with Gasteiger partial charge in [-0.05, 0) is 23.6 Å². The minimum atomic E-state index is -4.49. The minimum Gasteiger partial charge on any atom is -0.298 e. The molecule has 4 aromatic rings. The second-order valence-electron chi connectivity index (χ2n) is 7.08. The van der Waals surface area contributed by atoms with Crippen LogP contribution >= 0.6 is 0 Å². The summed E-state index contributed by atoms with van der Waals surface area (Å²) in [5.74, 6) is 0. The van der Waals surface area contributed by atoms with Crippen LogP contribution in [0.15, 0.2) is 36.8 Å². The summed E-state index contributed by atoms with van der Waals surface area (Å²) >= 11 is 0. The summed E-state index contributed by atoms with van der Waals surface area (Å²) in [6.07, 6.45) is 0.250. The Kier molecular flexibility index (Phi) is 3.10. The molecule has 0 aromatic carbocycles. The average Bonchev–Trinajstić information content (AvgIpc) is 2.90. The highest BCUT2D eigenvalue weighted by Crippen LogP contribution is 2.31. The van der Waals surface area contributed by atoms with Crippen molar-refractivity contribution in [2.75, 3.05) is 0 Å². The lowest BCUT2D eigenvalue weighted by molar-refractivity contribution is -0.141. The van der Waals surface area contributed by atoms with Crippen LogP contribution in [0.2, 0.25) is 0 Å². The maximum atomic E-state index is 12.9. The van der Waals surface area contributed by atoms with Crippen LogP contribution in [0.4, 0.5) is 13.2 Å². The van der Waals surface area contributed by atoms with Crippen LogP contribution in [0.3, 0.4) is 0 Å². The molecule has 0 saturated carbocycles. The van der Waals surface area contributed by atoms with Crippen LogP contribution in [0.5, 0.6) is 0 Å². The second kappa shape index (κ2) is 4.91. The third-order valence-corrected chi connectivity index (χ3v) is 4.21. The van der Waals surface area contributed by atoms with Crippen molar-refractivity contribution in [2.45, 2.75) is 32.4 Å². The summed E-state index contributed by atoms with van der Waals surface area (Å²) in [6, 6.07) is 4.89. The zero-order valence-electron chi connectivity index (χ0n) is 13.9.